The van der Waals surface area contributed by atoms with E-state index in [1.807, 2.05) is 25.1 Å². The highest BCUT2D eigenvalue weighted by Gasteiger charge is 2.29. The summed E-state index contributed by atoms with van der Waals surface area (Å²) in [6, 6.07) is 10.9. The molecule has 1 saturated heterocycles. The summed E-state index contributed by atoms with van der Waals surface area (Å²) in [5.74, 6) is -4.09. The Morgan fingerprint density at radius 3 is 2.13 bits per heavy atom. The predicted octanol–water partition coefficient (Wildman–Crippen LogP) is 3.21. The number of nitrogens with zero attached hydrogens (tertiary/aromatic N) is 1. The van der Waals surface area contributed by atoms with E-state index in [4.69, 9.17) is 31.4 Å². The van der Waals surface area contributed by atoms with Crippen LogP contribution in [0.15, 0.2) is 47.4 Å². The number of carbonyl (C=O) groups is 2. The lowest BCUT2D eigenvalue weighted by Crippen LogP contribution is -2.42. The fraction of sp³-hybridized carbons (Fsp3) is 0.300. The van der Waals surface area contributed by atoms with Gasteiger partial charge in [0.15, 0.2) is 0 Å². The standard InChI is InChI=1S/C18H20ClFN2O2S.C2H2O4/c1-13-17(19)3-2-4-18(13)21-15-9-11-22(12-10-15)25(23,24)16-7-5-14(20)6-8-16;3-1(4)2(5)6/h2-8,15,21H,9-12H2,1H3;(H,3,4)(H,5,6). The van der Waals surface area contributed by atoms with Crippen LogP contribution in [0.2, 0.25) is 5.02 Å². The van der Waals surface area contributed by atoms with E-state index in [-0.39, 0.29) is 10.9 Å². The van der Waals surface area contributed by atoms with Gasteiger partial charge in [0.05, 0.1) is 4.90 Å². The van der Waals surface area contributed by atoms with E-state index in [0.717, 1.165) is 11.3 Å². The number of hydrogen-bond donors (Lipinski definition) is 3. The molecule has 1 heterocycles. The molecule has 0 aliphatic carbocycles. The first-order valence-corrected chi connectivity index (χ1v) is 11.1. The predicted molar refractivity (Wildman–Crippen MR) is 113 cm³/mol. The molecule has 0 unspecified atom stereocenters. The molecule has 31 heavy (non-hydrogen) atoms. The van der Waals surface area contributed by atoms with E-state index in [1.54, 1.807) is 0 Å². The summed E-state index contributed by atoms with van der Waals surface area (Å²) in [5.41, 5.74) is 1.97. The van der Waals surface area contributed by atoms with E-state index in [1.165, 1.54) is 28.6 Å². The van der Waals surface area contributed by atoms with Crippen molar-refractivity contribution in [1.82, 2.24) is 4.31 Å². The Kier molecular flexibility index (Phi) is 8.37. The van der Waals surface area contributed by atoms with Gasteiger partial charge in [-0.2, -0.15) is 4.31 Å². The van der Waals surface area contributed by atoms with Crippen LogP contribution in [0.1, 0.15) is 18.4 Å². The highest BCUT2D eigenvalue weighted by atomic mass is 35.5. The largest absolute Gasteiger partial charge is 0.473 e. The molecule has 3 N–H and O–H groups in total. The van der Waals surface area contributed by atoms with Crippen molar-refractivity contribution in [3.63, 3.8) is 0 Å². The summed E-state index contributed by atoms with van der Waals surface area (Å²) >= 11 is 6.14. The van der Waals surface area contributed by atoms with Crippen molar-refractivity contribution in [3.8, 4) is 0 Å². The van der Waals surface area contributed by atoms with Gasteiger partial charge in [0, 0.05) is 29.8 Å². The molecule has 8 nitrogen and oxygen atoms in total. The molecule has 168 valence electrons. The molecule has 0 amide bonds. The Morgan fingerprint density at radius 2 is 1.61 bits per heavy atom. The zero-order valence-electron chi connectivity index (χ0n) is 16.6. The Balaban J connectivity index is 0.000000501. The first-order chi connectivity index (χ1) is 14.5. The molecule has 0 bridgehead atoms. The summed E-state index contributed by atoms with van der Waals surface area (Å²) in [6.45, 7) is 2.81. The van der Waals surface area contributed by atoms with Crippen molar-refractivity contribution in [3.05, 3.63) is 58.9 Å². The topological polar surface area (TPSA) is 124 Å². The number of carboxylic acid groups (broad SMARTS) is 2. The number of benzene rings is 2. The SMILES string of the molecule is Cc1c(Cl)cccc1NC1CCN(S(=O)(=O)c2ccc(F)cc2)CC1.O=C(O)C(=O)O. The van der Waals surface area contributed by atoms with Gasteiger partial charge in [0.25, 0.3) is 0 Å². The van der Waals surface area contributed by atoms with E-state index >= 15 is 0 Å². The quantitative estimate of drug-likeness (QED) is 0.583. The van der Waals surface area contributed by atoms with Crippen LogP contribution < -0.4 is 5.32 Å². The van der Waals surface area contributed by atoms with Crippen molar-refractivity contribution in [2.45, 2.75) is 30.7 Å². The van der Waals surface area contributed by atoms with Gasteiger partial charge in [-0.1, -0.05) is 17.7 Å². The van der Waals surface area contributed by atoms with E-state index < -0.39 is 27.8 Å². The number of rotatable bonds is 4. The van der Waals surface area contributed by atoms with Crippen LogP contribution in [0, 0.1) is 12.7 Å². The first-order valence-electron chi connectivity index (χ1n) is 9.26. The molecule has 1 aliphatic rings. The van der Waals surface area contributed by atoms with Crippen LogP contribution in [0.25, 0.3) is 0 Å². The number of aliphatic carboxylic acids is 2. The summed E-state index contributed by atoms with van der Waals surface area (Å²) in [4.78, 5) is 18.3. The molecule has 0 spiro atoms. The number of carboxylic acids is 2. The van der Waals surface area contributed by atoms with Gasteiger partial charge >= 0.3 is 11.9 Å². The highest BCUT2D eigenvalue weighted by Crippen LogP contribution is 2.27. The third kappa shape index (κ3) is 6.65. The molecule has 0 radical (unpaired) electrons. The zero-order valence-corrected chi connectivity index (χ0v) is 18.2. The minimum Gasteiger partial charge on any atom is -0.473 e. The maximum atomic E-state index is 13.0. The molecule has 3 rings (SSSR count). The Labute approximate surface area is 184 Å². The van der Waals surface area contributed by atoms with Gasteiger partial charge in [-0.15, -0.1) is 0 Å². The monoisotopic (exact) mass is 472 g/mol. The molecule has 1 aliphatic heterocycles. The molecule has 2 aromatic rings. The van der Waals surface area contributed by atoms with Crippen LogP contribution in [0.4, 0.5) is 10.1 Å². The number of nitrogens with one attached hydrogen (secondary N) is 1. The number of anilines is 1. The Bertz CT molecular complexity index is 1030. The lowest BCUT2D eigenvalue weighted by molar-refractivity contribution is -0.159. The molecular weight excluding hydrogens is 451 g/mol. The second-order valence-electron chi connectivity index (χ2n) is 6.80. The van der Waals surface area contributed by atoms with Crippen molar-refractivity contribution < 1.29 is 32.6 Å². The second kappa shape index (κ2) is 10.6. The van der Waals surface area contributed by atoms with Gasteiger partial charge < -0.3 is 15.5 Å². The number of hydrogen-bond acceptors (Lipinski definition) is 5. The average molecular weight is 473 g/mol. The van der Waals surface area contributed by atoms with Gasteiger partial charge in [-0.3, -0.25) is 0 Å². The number of piperidine rings is 1. The average Bonchev–Trinajstić information content (AvgIpc) is 2.72. The minimum atomic E-state index is -3.57. The maximum Gasteiger partial charge on any atom is 0.414 e. The van der Waals surface area contributed by atoms with Crippen molar-refractivity contribution in [2.75, 3.05) is 18.4 Å². The smallest absolute Gasteiger partial charge is 0.414 e. The van der Waals surface area contributed by atoms with Crippen molar-refractivity contribution in [2.24, 2.45) is 0 Å². The molecule has 0 saturated carbocycles. The minimum absolute atomic E-state index is 0.131. The zero-order chi connectivity index (χ0) is 23.2. The fourth-order valence-corrected chi connectivity index (χ4v) is 4.62. The molecule has 0 atom stereocenters. The summed E-state index contributed by atoms with van der Waals surface area (Å²) in [5, 5.41) is 18.9. The van der Waals surface area contributed by atoms with Crippen LogP contribution in [0.3, 0.4) is 0 Å². The summed E-state index contributed by atoms with van der Waals surface area (Å²) < 4.78 is 39.7. The fourth-order valence-electron chi connectivity index (χ4n) is 2.98. The van der Waals surface area contributed by atoms with Crippen molar-refractivity contribution >= 4 is 39.3 Å². The third-order valence-electron chi connectivity index (χ3n) is 4.72. The number of halogens is 2. The molecule has 1 fully saturated rings. The Hall–Kier alpha value is -2.69. The van der Waals surface area contributed by atoms with Crippen LogP contribution in [-0.4, -0.2) is 54.0 Å². The maximum absolute atomic E-state index is 13.0. The Morgan fingerprint density at radius 1 is 1.06 bits per heavy atom. The van der Waals surface area contributed by atoms with Gasteiger partial charge in [0.2, 0.25) is 10.0 Å². The van der Waals surface area contributed by atoms with E-state index in [9.17, 15) is 12.8 Å². The molecule has 11 heteroatoms. The highest BCUT2D eigenvalue weighted by molar-refractivity contribution is 7.89. The molecule has 0 aromatic heterocycles. The van der Waals surface area contributed by atoms with Gasteiger partial charge in [-0.05, 0) is 61.7 Å². The lowest BCUT2D eigenvalue weighted by atomic mass is 10.1. The van der Waals surface area contributed by atoms with Crippen LogP contribution in [0.5, 0.6) is 0 Å². The number of sulfonamides is 1. The van der Waals surface area contributed by atoms with E-state index in [2.05, 4.69) is 5.32 Å². The second-order valence-corrected chi connectivity index (χ2v) is 9.14. The van der Waals surface area contributed by atoms with Crippen LogP contribution >= 0.6 is 11.6 Å². The lowest BCUT2D eigenvalue weighted by Gasteiger charge is -2.32. The van der Waals surface area contributed by atoms with Gasteiger partial charge in [0.1, 0.15) is 5.82 Å². The van der Waals surface area contributed by atoms with Crippen LogP contribution in [-0.2, 0) is 19.6 Å². The first kappa shape index (κ1) is 24.6. The van der Waals surface area contributed by atoms with Crippen molar-refractivity contribution in [1.29, 1.82) is 0 Å². The normalized spacial score (nSPS) is 14.9. The molecule has 2 aromatic carbocycles. The summed E-state index contributed by atoms with van der Waals surface area (Å²) in [7, 11) is -3.57. The molecular formula is C20H22ClFN2O6S. The summed E-state index contributed by atoms with van der Waals surface area (Å²) in [6.07, 6.45) is 1.40. The third-order valence-corrected chi connectivity index (χ3v) is 7.04. The van der Waals surface area contributed by atoms with Gasteiger partial charge in [-0.25, -0.2) is 22.4 Å². The van der Waals surface area contributed by atoms with E-state index in [0.29, 0.717) is 31.0 Å².